The molecule has 3 aliphatic rings. The number of fused-ring (bicyclic) bond motifs is 2. The molecule has 3 aliphatic heterocycles. The molecule has 1 N–H and O–H groups in total. The van der Waals surface area contributed by atoms with Gasteiger partial charge in [0, 0.05) is 51.3 Å². The van der Waals surface area contributed by atoms with Crippen LogP contribution in [0.25, 0.3) is 0 Å². The van der Waals surface area contributed by atoms with Crippen molar-refractivity contribution in [3.63, 3.8) is 0 Å². The zero-order chi connectivity index (χ0) is 16.7. The highest BCUT2D eigenvalue weighted by molar-refractivity contribution is 5.93. The summed E-state index contributed by atoms with van der Waals surface area (Å²) in [5, 5.41) is 3.31. The minimum Gasteiger partial charge on any atom is -0.468 e. The number of nitrogens with zero attached hydrogens (tertiary/aromatic N) is 3. The molecule has 26 heavy (non-hydrogen) atoms. The van der Waals surface area contributed by atoms with Crippen molar-refractivity contribution in [3.05, 3.63) is 17.7 Å². The van der Waals surface area contributed by atoms with E-state index in [2.05, 4.69) is 10.3 Å². The van der Waals surface area contributed by atoms with Gasteiger partial charge in [-0.2, -0.15) is 0 Å². The van der Waals surface area contributed by atoms with Crippen LogP contribution in [0.4, 0.5) is 0 Å². The summed E-state index contributed by atoms with van der Waals surface area (Å²) >= 11 is 0. The molecular weight excluding hydrogens is 383 g/mol. The normalized spacial score (nSPS) is 26.8. The van der Waals surface area contributed by atoms with Crippen molar-refractivity contribution in [2.45, 2.75) is 13.0 Å². The molecule has 0 aliphatic carbocycles. The first-order chi connectivity index (χ1) is 11.6. The third-order valence-corrected chi connectivity index (χ3v) is 5.39. The molecule has 0 saturated carbocycles. The number of ether oxygens (including phenoxy) is 2. The van der Waals surface area contributed by atoms with E-state index in [0.29, 0.717) is 32.0 Å². The predicted octanol–water partition coefficient (Wildman–Crippen LogP) is 0.134. The largest absolute Gasteiger partial charge is 0.468 e. The SMILES string of the molecule is COC(=O)[C@@]12COC[C@@H]1CN(C(=O)c1cn3c(n1)CCNCC3)C2.Cl.Cl. The summed E-state index contributed by atoms with van der Waals surface area (Å²) in [7, 11) is 1.39. The number of esters is 1. The molecule has 0 aromatic carbocycles. The first-order valence-electron chi connectivity index (χ1n) is 8.36. The van der Waals surface area contributed by atoms with E-state index in [4.69, 9.17) is 9.47 Å². The lowest BCUT2D eigenvalue weighted by Gasteiger charge is -2.23. The minimum atomic E-state index is -0.717. The summed E-state index contributed by atoms with van der Waals surface area (Å²) in [6.45, 7) is 4.23. The maximum Gasteiger partial charge on any atom is 0.316 e. The second-order valence-corrected chi connectivity index (χ2v) is 6.78. The van der Waals surface area contributed by atoms with E-state index in [1.54, 1.807) is 4.90 Å². The molecule has 1 aromatic rings. The standard InChI is InChI=1S/C16H22N4O4.2ClH/c1-23-15(22)16-9-20(6-11(16)8-24-10-16)14(21)12-7-19-5-4-17-3-2-13(19)18-12;;/h7,11,17H,2-6,8-10H2,1H3;2*1H/t11-,16-;;/m0../s1. The van der Waals surface area contributed by atoms with Gasteiger partial charge in [0.05, 0.1) is 20.3 Å². The van der Waals surface area contributed by atoms with Crippen LogP contribution in [0.15, 0.2) is 6.20 Å². The third-order valence-electron chi connectivity index (χ3n) is 5.39. The average Bonchev–Trinajstić information content (AvgIpc) is 3.22. The van der Waals surface area contributed by atoms with E-state index in [-0.39, 0.29) is 42.6 Å². The predicted molar refractivity (Wildman–Crippen MR) is 98.0 cm³/mol. The van der Waals surface area contributed by atoms with Gasteiger partial charge >= 0.3 is 5.97 Å². The minimum absolute atomic E-state index is 0. The van der Waals surface area contributed by atoms with Gasteiger partial charge in [0.25, 0.3) is 5.91 Å². The number of methoxy groups -OCH3 is 1. The van der Waals surface area contributed by atoms with Crippen LogP contribution in [-0.2, 0) is 27.2 Å². The van der Waals surface area contributed by atoms with Crippen molar-refractivity contribution in [2.24, 2.45) is 11.3 Å². The van der Waals surface area contributed by atoms with Crippen molar-refractivity contribution in [1.29, 1.82) is 0 Å². The van der Waals surface area contributed by atoms with E-state index in [1.165, 1.54) is 7.11 Å². The summed E-state index contributed by atoms with van der Waals surface area (Å²) in [5.41, 5.74) is -0.252. The molecule has 4 heterocycles. The molecule has 1 aromatic heterocycles. The van der Waals surface area contributed by atoms with E-state index in [9.17, 15) is 9.59 Å². The highest BCUT2D eigenvalue weighted by Gasteiger charge is 2.57. The fraction of sp³-hybridized carbons (Fsp3) is 0.688. The van der Waals surface area contributed by atoms with E-state index in [1.807, 2.05) is 10.8 Å². The molecule has 2 atom stereocenters. The monoisotopic (exact) mass is 406 g/mol. The van der Waals surface area contributed by atoms with Crippen molar-refractivity contribution in [3.8, 4) is 0 Å². The number of carbonyl (C=O) groups excluding carboxylic acids is 2. The maximum absolute atomic E-state index is 12.9. The zero-order valence-electron chi connectivity index (χ0n) is 14.6. The molecule has 0 unspecified atom stereocenters. The highest BCUT2D eigenvalue weighted by Crippen LogP contribution is 2.42. The second-order valence-electron chi connectivity index (χ2n) is 6.78. The first kappa shape index (κ1) is 21.0. The van der Waals surface area contributed by atoms with E-state index in [0.717, 1.165) is 31.9 Å². The molecule has 2 saturated heterocycles. The Morgan fingerprint density at radius 3 is 2.96 bits per heavy atom. The van der Waals surface area contributed by atoms with E-state index >= 15 is 0 Å². The Balaban J connectivity index is 0.00000121. The fourth-order valence-electron chi connectivity index (χ4n) is 4.02. The summed E-state index contributed by atoms with van der Waals surface area (Å²) in [4.78, 5) is 31.4. The van der Waals surface area contributed by atoms with Gasteiger partial charge in [-0.25, -0.2) is 4.98 Å². The Kier molecular flexibility index (Phi) is 6.55. The summed E-state index contributed by atoms with van der Waals surface area (Å²) < 4.78 is 12.5. The van der Waals surface area contributed by atoms with Crippen LogP contribution >= 0.6 is 24.8 Å². The van der Waals surface area contributed by atoms with Crippen molar-refractivity contribution >= 4 is 36.7 Å². The molecule has 1 amide bonds. The van der Waals surface area contributed by atoms with Gasteiger partial charge in [0.2, 0.25) is 0 Å². The topological polar surface area (TPSA) is 85.7 Å². The summed E-state index contributed by atoms with van der Waals surface area (Å²) in [6, 6.07) is 0. The zero-order valence-corrected chi connectivity index (χ0v) is 16.2. The molecule has 0 spiro atoms. The molecule has 8 nitrogen and oxygen atoms in total. The van der Waals surface area contributed by atoms with Crippen LogP contribution in [0.2, 0.25) is 0 Å². The third kappa shape index (κ3) is 3.31. The van der Waals surface area contributed by atoms with Crippen molar-refractivity contribution in [2.75, 3.05) is 46.5 Å². The van der Waals surface area contributed by atoms with Gasteiger partial charge in [0.1, 0.15) is 16.9 Å². The van der Waals surface area contributed by atoms with Crippen molar-refractivity contribution in [1.82, 2.24) is 19.8 Å². The number of nitrogens with one attached hydrogen (secondary N) is 1. The molecule has 146 valence electrons. The van der Waals surface area contributed by atoms with Gasteiger partial charge < -0.3 is 24.3 Å². The Labute approximate surface area is 164 Å². The fourth-order valence-corrected chi connectivity index (χ4v) is 4.02. The number of imidazole rings is 1. The Bertz CT molecular complexity index is 660. The summed E-state index contributed by atoms with van der Waals surface area (Å²) in [5.74, 6) is 0.542. The molecule has 0 radical (unpaired) electrons. The number of aromatic nitrogens is 2. The number of hydrogen-bond donors (Lipinski definition) is 1. The van der Waals surface area contributed by atoms with Gasteiger partial charge in [-0.3, -0.25) is 9.59 Å². The average molecular weight is 407 g/mol. The van der Waals surface area contributed by atoms with Crippen LogP contribution < -0.4 is 5.32 Å². The van der Waals surface area contributed by atoms with Crippen molar-refractivity contribution < 1.29 is 19.1 Å². The Morgan fingerprint density at radius 1 is 1.38 bits per heavy atom. The molecule has 4 rings (SSSR count). The number of rotatable bonds is 2. The van der Waals surface area contributed by atoms with Gasteiger partial charge in [-0.15, -0.1) is 24.8 Å². The number of carbonyl (C=O) groups is 2. The van der Waals surface area contributed by atoms with Gasteiger partial charge in [-0.05, 0) is 0 Å². The Morgan fingerprint density at radius 2 is 2.19 bits per heavy atom. The highest BCUT2D eigenvalue weighted by atomic mass is 35.5. The van der Waals surface area contributed by atoms with Crippen LogP contribution in [-0.4, -0.2) is 72.8 Å². The summed E-state index contributed by atoms with van der Waals surface area (Å²) in [6.07, 6.45) is 2.65. The number of amides is 1. The lowest BCUT2D eigenvalue weighted by atomic mass is 9.81. The first-order valence-corrected chi connectivity index (χ1v) is 8.36. The number of halogens is 2. The van der Waals surface area contributed by atoms with Gasteiger partial charge in [-0.1, -0.05) is 0 Å². The lowest BCUT2D eigenvalue weighted by molar-refractivity contribution is -0.153. The smallest absolute Gasteiger partial charge is 0.316 e. The number of hydrogen-bond acceptors (Lipinski definition) is 6. The number of likely N-dealkylation sites (tertiary alicyclic amines) is 1. The molecular formula is C16H24Cl2N4O4. The molecule has 10 heteroatoms. The lowest BCUT2D eigenvalue weighted by Crippen LogP contribution is -2.41. The second kappa shape index (κ2) is 8.12. The van der Waals surface area contributed by atoms with Crippen LogP contribution in [0, 0.1) is 11.3 Å². The van der Waals surface area contributed by atoms with E-state index < -0.39 is 5.41 Å². The quantitative estimate of drug-likeness (QED) is 0.702. The van der Waals surface area contributed by atoms with Crippen LogP contribution in [0.3, 0.4) is 0 Å². The van der Waals surface area contributed by atoms with Crippen LogP contribution in [0.5, 0.6) is 0 Å². The maximum atomic E-state index is 12.9. The Hall–Kier alpha value is -1.35. The van der Waals surface area contributed by atoms with Crippen LogP contribution in [0.1, 0.15) is 16.3 Å². The molecule has 0 bridgehead atoms. The molecule has 2 fully saturated rings. The van der Waals surface area contributed by atoms with Gasteiger partial charge in [0.15, 0.2) is 0 Å².